The Morgan fingerprint density at radius 3 is 2.59 bits per heavy atom. The quantitative estimate of drug-likeness (QED) is 0.855. The van der Waals surface area contributed by atoms with E-state index in [4.69, 9.17) is 9.73 Å². The van der Waals surface area contributed by atoms with Crippen molar-refractivity contribution in [3.63, 3.8) is 0 Å². The van der Waals surface area contributed by atoms with Gasteiger partial charge in [0.15, 0.2) is 5.75 Å². The highest BCUT2D eigenvalue weighted by molar-refractivity contribution is 6.03. The lowest BCUT2D eigenvalue weighted by molar-refractivity contribution is -0.148. The molecule has 1 fully saturated rings. The molecule has 2 aliphatic heterocycles. The Labute approximate surface area is 169 Å². The zero-order valence-electron chi connectivity index (χ0n) is 16.6. The van der Waals surface area contributed by atoms with E-state index in [1.165, 1.54) is 12.1 Å². The van der Waals surface area contributed by atoms with Gasteiger partial charge in [0.2, 0.25) is 0 Å². The average Bonchev–Trinajstić information content (AvgIpc) is 2.84. The van der Waals surface area contributed by atoms with Crippen LogP contribution < -0.4 is 4.74 Å². The van der Waals surface area contributed by atoms with Gasteiger partial charge in [-0.1, -0.05) is 12.1 Å². The molecule has 0 unspecified atom stereocenters. The Kier molecular flexibility index (Phi) is 5.00. The molecule has 6 nitrogen and oxygen atoms in total. The highest BCUT2D eigenvalue weighted by Crippen LogP contribution is 2.38. The van der Waals surface area contributed by atoms with E-state index >= 15 is 0 Å². The van der Waals surface area contributed by atoms with Gasteiger partial charge in [-0.25, -0.2) is 9.38 Å². The minimum absolute atomic E-state index is 0.366. The molecule has 0 radical (unpaired) electrons. The van der Waals surface area contributed by atoms with Crippen molar-refractivity contribution in [2.24, 2.45) is 10.4 Å². The SMILES string of the molecule is CC(C)(CN1CCN(C2=Nc3ccc(F)cc3Oc3ccccc32)CC1)C(=O)O. The first-order valence-electron chi connectivity index (χ1n) is 9.70. The number of carboxylic acids is 1. The van der Waals surface area contributed by atoms with E-state index in [1.54, 1.807) is 19.9 Å². The van der Waals surface area contributed by atoms with Crippen molar-refractivity contribution in [2.45, 2.75) is 13.8 Å². The molecule has 2 aliphatic rings. The van der Waals surface area contributed by atoms with Gasteiger partial charge in [0.25, 0.3) is 0 Å². The van der Waals surface area contributed by atoms with Gasteiger partial charge in [-0.15, -0.1) is 0 Å². The molecule has 0 bridgehead atoms. The highest BCUT2D eigenvalue weighted by atomic mass is 19.1. The number of hydrogen-bond acceptors (Lipinski definition) is 5. The van der Waals surface area contributed by atoms with Crippen LogP contribution in [-0.2, 0) is 4.79 Å². The summed E-state index contributed by atoms with van der Waals surface area (Å²) in [4.78, 5) is 20.6. The van der Waals surface area contributed by atoms with Crippen molar-refractivity contribution in [1.29, 1.82) is 0 Å². The van der Waals surface area contributed by atoms with E-state index in [2.05, 4.69) is 9.80 Å². The van der Waals surface area contributed by atoms with Crippen LogP contribution in [0, 0.1) is 11.2 Å². The van der Waals surface area contributed by atoms with Crippen LogP contribution >= 0.6 is 0 Å². The number of aliphatic carboxylic acids is 1. The van der Waals surface area contributed by atoms with Crippen molar-refractivity contribution in [3.8, 4) is 11.5 Å². The molecule has 1 saturated heterocycles. The van der Waals surface area contributed by atoms with Crippen LogP contribution in [0.2, 0.25) is 0 Å². The number of aliphatic imine (C=N–C) groups is 1. The normalized spacial score (nSPS) is 16.9. The molecule has 0 atom stereocenters. The number of rotatable bonds is 3. The molecule has 2 aromatic rings. The molecule has 2 heterocycles. The number of piperazine rings is 1. The summed E-state index contributed by atoms with van der Waals surface area (Å²) in [6.07, 6.45) is 0. The molecule has 29 heavy (non-hydrogen) atoms. The molecular weight excluding hydrogens is 373 g/mol. The van der Waals surface area contributed by atoms with Crippen molar-refractivity contribution < 1.29 is 19.0 Å². The second-order valence-corrected chi connectivity index (χ2v) is 8.10. The lowest BCUT2D eigenvalue weighted by atomic mass is 9.93. The van der Waals surface area contributed by atoms with Crippen LogP contribution in [-0.4, -0.2) is 59.4 Å². The Hall–Kier alpha value is -2.93. The number of carbonyl (C=O) groups is 1. The van der Waals surface area contributed by atoms with E-state index in [0.717, 1.165) is 37.6 Å². The van der Waals surface area contributed by atoms with Crippen molar-refractivity contribution >= 4 is 17.5 Å². The van der Waals surface area contributed by atoms with Crippen LogP contribution in [0.3, 0.4) is 0 Å². The van der Waals surface area contributed by atoms with Gasteiger partial charge in [-0.3, -0.25) is 9.69 Å². The van der Waals surface area contributed by atoms with Gasteiger partial charge in [0.1, 0.15) is 23.1 Å². The summed E-state index contributed by atoms with van der Waals surface area (Å²) in [5.74, 6) is 0.681. The summed E-state index contributed by atoms with van der Waals surface area (Å²) in [5, 5.41) is 9.38. The van der Waals surface area contributed by atoms with Gasteiger partial charge < -0.3 is 14.7 Å². The van der Waals surface area contributed by atoms with Gasteiger partial charge in [0, 0.05) is 38.8 Å². The van der Waals surface area contributed by atoms with Gasteiger partial charge in [0.05, 0.1) is 11.0 Å². The molecule has 0 saturated carbocycles. The van der Waals surface area contributed by atoms with E-state index in [9.17, 15) is 14.3 Å². The van der Waals surface area contributed by atoms with E-state index in [-0.39, 0.29) is 5.82 Å². The molecular formula is C22H24FN3O3. The number of amidine groups is 1. The molecule has 0 aliphatic carbocycles. The molecule has 2 aromatic carbocycles. The summed E-state index contributed by atoms with van der Waals surface area (Å²) in [7, 11) is 0. The fourth-order valence-electron chi connectivity index (χ4n) is 3.68. The Morgan fingerprint density at radius 2 is 1.86 bits per heavy atom. The van der Waals surface area contributed by atoms with Crippen LogP contribution in [0.15, 0.2) is 47.5 Å². The highest BCUT2D eigenvalue weighted by Gasteiger charge is 2.32. The number of halogens is 1. The zero-order valence-corrected chi connectivity index (χ0v) is 16.6. The molecule has 0 aromatic heterocycles. The van der Waals surface area contributed by atoms with E-state index in [1.807, 2.05) is 24.3 Å². The maximum Gasteiger partial charge on any atom is 0.310 e. The van der Waals surface area contributed by atoms with Gasteiger partial charge in [-0.2, -0.15) is 0 Å². The Balaban J connectivity index is 1.59. The zero-order chi connectivity index (χ0) is 20.6. The third kappa shape index (κ3) is 3.96. The summed E-state index contributed by atoms with van der Waals surface area (Å²) in [6.45, 7) is 6.94. The van der Waals surface area contributed by atoms with Crippen LogP contribution in [0.4, 0.5) is 10.1 Å². The number of benzene rings is 2. The van der Waals surface area contributed by atoms with Crippen LogP contribution in [0.5, 0.6) is 11.5 Å². The maximum atomic E-state index is 13.7. The number of fused-ring (bicyclic) bond motifs is 2. The molecule has 152 valence electrons. The van der Waals surface area contributed by atoms with Gasteiger partial charge in [-0.05, 0) is 38.1 Å². The van der Waals surface area contributed by atoms with Crippen LogP contribution in [0.25, 0.3) is 0 Å². The van der Waals surface area contributed by atoms with Crippen molar-refractivity contribution in [1.82, 2.24) is 9.80 Å². The summed E-state index contributed by atoms with van der Waals surface area (Å²) >= 11 is 0. The minimum Gasteiger partial charge on any atom is -0.481 e. The monoisotopic (exact) mass is 397 g/mol. The fraction of sp³-hybridized carbons (Fsp3) is 0.364. The smallest absolute Gasteiger partial charge is 0.310 e. The molecule has 1 N–H and O–H groups in total. The lowest BCUT2D eigenvalue weighted by Gasteiger charge is -2.38. The van der Waals surface area contributed by atoms with E-state index < -0.39 is 11.4 Å². The summed E-state index contributed by atoms with van der Waals surface area (Å²) in [6, 6.07) is 12.0. The Bertz CT molecular complexity index is 966. The number of ether oxygens (including phenoxy) is 1. The Morgan fingerprint density at radius 1 is 1.14 bits per heavy atom. The average molecular weight is 397 g/mol. The van der Waals surface area contributed by atoms with Crippen molar-refractivity contribution in [2.75, 3.05) is 32.7 Å². The number of para-hydroxylation sites is 1. The topological polar surface area (TPSA) is 65.4 Å². The summed E-state index contributed by atoms with van der Waals surface area (Å²) in [5.41, 5.74) is 0.668. The molecule has 0 spiro atoms. The molecule has 7 heteroatoms. The molecule has 0 amide bonds. The number of nitrogens with zero attached hydrogens (tertiary/aromatic N) is 3. The molecule has 4 rings (SSSR count). The predicted octanol–water partition coefficient (Wildman–Crippen LogP) is 3.74. The lowest BCUT2D eigenvalue weighted by Crippen LogP contribution is -2.52. The standard InChI is InChI=1S/C22H24FN3O3/c1-22(2,21(27)28)14-25-9-11-26(12-10-25)20-16-5-3-4-6-18(16)29-19-13-15(23)7-8-17(19)24-20/h3-8,13H,9-12,14H2,1-2H3,(H,27,28). The van der Waals surface area contributed by atoms with Gasteiger partial charge >= 0.3 is 5.97 Å². The minimum atomic E-state index is -0.789. The third-order valence-corrected chi connectivity index (χ3v) is 5.37. The predicted molar refractivity (Wildman–Crippen MR) is 109 cm³/mol. The number of hydrogen-bond donors (Lipinski definition) is 1. The number of carboxylic acid groups (broad SMARTS) is 1. The summed E-state index contributed by atoms with van der Waals surface area (Å²) < 4.78 is 19.7. The van der Waals surface area contributed by atoms with Crippen LogP contribution in [0.1, 0.15) is 19.4 Å². The van der Waals surface area contributed by atoms with Crippen molar-refractivity contribution in [3.05, 3.63) is 53.8 Å². The van der Waals surface area contributed by atoms with E-state index in [0.29, 0.717) is 23.7 Å². The maximum absolute atomic E-state index is 13.7. The first-order valence-corrected chi connectivity index (χ1v) is 9.70. The second kappa shape index (κ2) is 7.48. The first kappa shape index (κ1) is 19.4. The largest absolute Gasteiger partial charge is 0.481 e. The first-order chi connectivity index (χ1) is 13.8. The third-order valence-electron chi connectivity index (χ3n) is 5.37. The fourth-order valence-corrected chi connectivity index (χ4v) is 3.68. The second-order valence-electron chi connectivity index (χ2n) is 8.10.